The number of amides is 3. The van der Waals surface area contributed by atoms with Gasteiger partial charge in [0.05, 0.1) is 20.0 Å². The van der Waals surface area contributed by atoms with Crippen molar-refractivity contribution in [2.45, 2.75) is 19.3 Å². The summed E-state index contributed by atoms with van der Waals surface area (Å²) < 4.78 is 0. The van der Waals surface area contributed by atoms with Crippen LogP contribution in [-0.4, -0.2) is 70.9 Å². The molecule has 0 bridgehead atoms. The molecule has 6 nitrogen and oxygen atoms in total. The molecule has 0 radical (unpaired) electrons. The molecule has 288 valence electrons. The van der Waals surface area contributed by atoms with Crippen molar-refractivity contribution in [1.82, 2.24) is 14.7 Å². The Bertz CT molecular complexity index is 1790. The number of hydrogen-bond acceptors (Lipinski definition) is 3. The first-order valence-corrected chi connectivity index (χ1v) is 24.1. The summed E-state index contributed by atoms with van der Waals surface area (Å²) >= 11 is 0. The van der Waals surface area contributed by atoms with E-state index in [2.05, 4.69) is 146 Å². The fraction of sp³-hybridized carbons (Fsp3) is 0.188. The van der Waals surface area contributed by atoms with Crippen molar-refractivity contribution in [3.05, 3.63) is 182 Å². The summed E-state index contributed by atoms with van der Waals surface area (Å²) in [5.74, 6) is -0.135. The predicted molar refractivity (Wildman–Crippen MR) is 241 cm³/mol. The summed E-state index contributed by atoms with van der Waals surface area (Å²) in [6.07, 6.45) is 2.99. The van der Waals surface area contributed by atoms with Crippen molar-refractivity contribution in [3.63, 3.8) is 0 Å². The number of rotatable bonds is 15. The van der Waals surface area contributed by atoms with Crippen molar-refractivity contribution in [3.8, 4) is 0 Å². The standard InChI is InChI=1S/C48H48N3O3P3/c52-46(31-34-55(40-19-7-1-8-20-40)41-21-9-2-10-22-41)49-37-50(47(53)32-35-56(42-23-11-3-12-24-42)43-25-13-4-14-26-43)39-51(38-49)48(54)33-36-57(44-27-15-5-16-28-44)45-29-17-6-18-30-45/h1-30H,31-39H2. The van der Waals surface area contributed by atoms with E-state index >= 15 is 0 Å². The highest BCUT2D eigenvalue weighted by Gasteiger charge is 2.33. The lowest BCUT2D eigenvalue weighted by atomic mass is 10.3. The molecule has 0 N–H and O–H groups in total. The molecule has 0 spiro atoms. The molecule has 3 amide bonds. The van der Waals surface area contributed by atoms with Crippen LogP contribution in [0.3, 0.4) is 0 Å². The lowest BCUT2D eigenvalue weighted by molar-refractivity contribution is -0.158. The Kier molecular flexibility index (Phi) is 14.4. The maximum atomic E-state index is 14.2. The number of hydrogen-bond donors (Lipinski definition) is 0. The molecule has 0 aromatic heterocycles. The molecule has 1 fully saturated rings. The van der Waals surface area contributed by atoms with Gasteiger partial charge in [0.15, 0.2) is 0 Å². The van der Waals surface area contributed by atoms with Gasteiger partial charge in [0, 0.05) is 19.3 Å². The fourth-order valence-corrected chi connectivity index (χ4v) is 14.1. The largest absolute Gasteiger partial charge is 0.307 e. The van der Waals surface area contributed by atoms with Gasteiger partial charge in [-0.15, -0.1) is 0 Å². The highest BCUT2D eigenvalue weighted by Crippen LogP contribution is 2.37. The molecule has 0 unspecified atom stereocenters. The highest BCUT2D eigenvalue weighted by atomic mass is 31.1. The maximum Gasteiger partial charge on any atom is 0.225 e. The van der Waals surface area contributed by atoms with Gasteiger partial charge in [-0.05, 0) is 74.1 Å². The molecule has 1 aliphatic heterocycles. The zero-order valence-electron chi connectivity index (χ0n) is 32.1. The number of carbonyl (C=O) groups is 3. The second-order valence-corrected chi connectivity index (χ2v) is 21.0. The molecule has 6 aromatic rings. The Hall–Kier alpha value is -4.98. The fourth-order valence-electron chi connectivity index (χ4n) is 7.19. The Morgan fingerprint density at radius 3 is 0.667 bits per heavy atom. The molecule has 1 aliphatic rings. The highest BCUT2D eigenvalue weighted by molar-refractivity contribution is 7.73. The molecule has 0 aliphatic carbocycles. The average Bonchev–Trinajstić information content (AvgIpc) is 3.28. The summed E-state index contributed by atoms with van der Waals surface area (Å²) in [6, 6.07) is 62.4. The molecular formula is C48H48N3O3P3. The summed E-state index contributed by atoms with van der Waals surface area (Å²) in [4.78, 5) is 47.9. The second kappa shape index (κ2) is 20.4. The van der Waals surface area contributed by atoms with Gasteiger partial charge in [-0.2, -0.15) is 0 Å². The zero-order valence-corrected chi connectivity index (χ0v) is 34.8. The van der Waals surface area contributed by atoms with Crippen LogP contribution in [0.4, 0.5) is 0 Å². The second-order valence-electron chi connectivity index (χ2n) is 13.9. The van der Waals surface area contributed by atoms with E-state index in [4.69, 9.17) is 0 Å². The number of benzene rings is 6. The summed E-state index contributed by atoms with van der Waals surface area (Å²) in [5, 5.41) is 7.34. The smallest absolute Gasteiger partial charge is 0.225 e. The first-order valence-electron chi connectivity index (χ1n) is 19.5. The van der Waals surface area contributed by atoms with Gasteiger partial charge in [-0.1, -0.05) is 182 Å². The molecule has 0 saturated carbocycles. The van der Waals surface area contributed by atoms with Gasteiger partial charge in [0.2, 0.25) is 17.7 Å². The topological polar surface area (TPSA) is 60.9 Å². The van der Waals surface area contributed by atoms with Crippen LogP contribution in [0.15, 0.2) is 182 Å². The monoisotopic (exact) mass is 807 g/mol. The van der Waals surface area contributed by atoms with E-state index in [1.54, 1.807) is 14.7 Å². The lowest BCUT2D eigenvalue weighted by Gasteiger charge is -2.42. The zero-order chi connectivity index (χ0) is 39.2. The van der Waals surface area contributed by atoms with Gasteiger partial charge >= 0.3 is 0 Å². The van der Waals surface area contributed by atoms with Crippen molar-refractivity contribution in [1.29, 1.82) is 0 Å². The third-order valence-electron chi connectivity index (χ3n) is 10.1. The van der Waals surface area contributed by atoms with E-state index in [0.29, 0.717) is 37.7 Å². The van der Waals surface area contributed by atoms with E-state index in [0.717, 1.165) is 0 Å². The third kappa shape index (κ3) is 10.9. The lowest BCUT2D eigenvalue weighted by Crippen LogP contribution is -2.59. The van der Waals surface area contributed by atoms with Crippen LogP contribution in [-0.2, 0) is 14.4 Å². The van der Waals surface area contributed by atoms with Gasteiger partial charge in [-0.3, -0.25) is 14.4 Å². The molecule has 6 aromatic carbocycles. The van der Waals surface area contributed by atoms with E-state index in [1.807, 2.05) is 36.4 Å². The number of nitrogens with zero attached hydrogens (tertiary/aromatic N) is 3. The van der Waals surface area contributed by atoms with Crippen molar-refractivity contribution in [2.24, 2.45) is 0 Å². The summed E-state index contributed by atoms with van der Waals surface area (Å²) in [5.41, 5.74) is 0. The molecule has 9 heteroatoms. The molecule has 7 rings (SSSR count). The Labute approximate surface area is 340 Å². The predicted octanol–water partition coefficient (Wildman–Crippen LogP) is 6.93. The normalized spacial score (nSPS) is 13.0. The molecule has 1 heterocycles. The van der Waals surface area contributed by atoms with Crippen LogP contribution in [0, 0.1) is 0 Å². The Morgan fingerprint density at radius 1 is 0.316 bits per heavy atom. The van der Waals surface area contributed by atoms with Crippen LogP contribution in [0.1, 0.15) is 19.3 Å². The van der Waals surface area contributed by atoms with Crippen LogP contribution in [0.5, 0.6) is 0 Å². The number of carbonyl (C=O) groups excluding carboxylic acids is 3. The molecule has 0 atom stereocenters. The molecule has 57 heavy (non-hydrogen) atoms. The van der Waals surface area contributed by atoms with Crippen LogP contribution in [0.25, 0.3) is 0 Å². The SMILES string of the molecule is O=C(CCP(c1ccccc1)c1ccccc1)N1CN(C(=O)CCP(c2ccccc2)c2ccccc2)CN(C(=O)CCP(c2ccccc2)c2ccccc2)C1. The van der Waals surface area contributed by atoms with Gasteiger partial charge in [0.25, 0.3) is 0 Å². The minimum Gasteiger partial charge on any atom is -0.307 e. The van der Waals surface area contributed by atoms with E-state index in [-0.39, 0.29) is 37.7 Å². The first-order chi connectivity index (χ1) is 28.0. The van der Waals surface area contributed by atoms with Crippen LogP contribution >= 0.6 is 23.8 Å². The van der Waals surface area contributed by atoms with E-state index < -0.39 is 23.8 Å². The van der Waals surface area contributed by atoms with Gasteiger partial charge in [-0.25, -0.2) is 0 Å². The summed E-state index contributed by atoms with van der Waals surface area (Å²) in [6.45, 7) is 0.516. The Morgan fingerprint density at radius 2 is 0.491 bits per heavy atom. The molecule has 1 saturated heterocycles. The average molecular weight is 808 g/mol. The molecular weight excluding hydrogens is 759 g/mol. The first kappa shape index (κ1) is 40.2. The van der Waals surface area contributed by atoms with Crippen molar-refractivity contribution < 1.29 is 14.4 Å². The third-order valence-corrected chi connectivity index (χ3v) is 17.7. The minimum atomic E-state index is -0.771. The van der Waals surface area contributed by atoms with Crippen molar-refractivity contribution in [2.75, 3.05) is 38.5 Å². The van der Waals surface area contributed by atoms with E-state index in [1.165, 1.54) is 31.8 Å². The minimum absolute atomic E-state index is 0.0451. The van der Waals surface area contributed by atoms with E-state index in [9.17, 15) is 14.4 Å². The van der Waals surface area contributed by atoms with Gasteiger partial charge in [0.1, 0.15) is 0 Å². The maximum absolute atomic E-state index is 14.2. The quantitative estimate of drug-likeness (QED) is 0.106. The Balaban J connectivity index is 1.09. The summed E-state index contributed by atoms with van der Waals surface area (Å²) in [7, 11) is -2.31. The van der Waals surface area contributed by atoms with Crippen LogP contribution < -0.4 is 31.8 Å². The van der Waals surface area contributed by atoms with Gasteiger partial charge < -0.3 is 14.7 Å². The van der Waals surface area contributed by atoms with Crippen molar-refractivity contribution >= 4 is 73.3 Å². The van der Waals surface area contributed by atoms with Crippen LogP contribution in [0.2, 0.25) is 0 Å².